The van der Waals surface area contributed by atoms with Crippen molar-refractivity contribution in [2.24, 2.45) is 17.6 Å². The van der Waals surface area contributed by atoms with Crippen molar-refractivity contribution in [1.29, 1.82) is 0 Å². The molecule has 6 nitrogen and oxygen atoms in total. The average molecular weight is 384 g/mol. The number of hydrogen-bond acceptors (Lipinski definition) is 5. The zero-order chi connectivity index (χ0) is 19.4. The third-order valence-electron chi connectivity index (χ3n) is 4.39. The Kier molecular flexibility index (Phi) is 5.79. The second kappa shape index (κ2) is 8.08. The minimum atomic E-state index is -0.190. The molecule has 1 N–H and O–H groups in total. The molecular weight excluding hydrogens is 358 g/mol. The first kappa shape index (κ1) is 19.4. The lowest BCUT2D eigenvalue weighted by atomic mass is 9.77. The van der Waals surface area contributed by atoms with Gasteiger partial charge in [0.25, 0.3) is 5.91 Å². The van der Waals surface area contributed by atoms with E-state index in [4.69, 9.17) is 0 Å². The first-order valence-corrected chi connectivity index (χ1v) is 9.91. The van der Waals surface area contributed by atoms with Crippen molar-refractivity contribution in [3.63, 3.8) is 0 Å². The fraction of sp³-hybridized carbons (Fsp3) is 0.400. The maximum Gasteiger partial charge on any atom is 0.271 e. The van der Waals surface area contributed by atoms with E-state index < -0.39 is 0 Å². The van der Waals surface area contributed by atoms with Gasteiger partial charge < -0.3 is 4.57 Å². The molecule has 0 saturated carbocycles. The van der Waals surface area contributed by atoms with Crippen LogP contribution in [0.1, 0.15) is 49.5 Å². The van der Waals surface area contributed by atoms with Crippen molar-refractivity contribution < 1.29 is 4.79 Å². The number of allylic oxidation sites excluding steroid dienone is 2. The summed E-state index contributed by atoms with van der Waals surface area (Å²) in [5.41, 5.74) is 6.81. The molecule has 0 spiro atoms. The fourth-order valence-electron chi connectivity index (χ4n) is 3.26. The van der Waals surface area contributed by atoms with Crippen LogP contribution in [-0.2, 0) is 12.8 Å². The Hall–Kier alpha value is -2.41. The number of hydrogen-bond donors (Lipinski definition) is 1. The van der Waals surface area contributed by atoms with Gasteiger partial charge in [-0.05, 0) is 49.0 Å². The van der Waals surface area contributed by atoms with Gasteiger partial charge in [-0.25, -0.2) is 5.43 Å². The Bertz CT molecular complexity index is 880. The van der Waals surface area contributed by atoms with E-state index in [0.29, 0.717) is 5.56 Å². The van der Waals surface area contributed by atoms with Crippen molar-refractivity contribution in [3.05, 3.63) is 53.4 Å². The lowest BCUT2D eigenvalue weighted by molar-refractivity contribution is 0.0954. The summed E-state index contributed by atoms with van der Waals surface area (Å²) in [6.07, 6.45) is 5.68. The summed E-state index contributed by atoms with van der Waals surface area (Å²) < 4.78 is 1.88. The van der Waals surface area contributed by atoms with Gasteiger partial charge in [-0.1, -0.05) is 43.3 Å². The summed E-state index contributed by atoms with van der Waals surface area (Å²) in [5.74, 6) is 0.583. The zero-order valence-electron chi connectivity index (χ0n) is 16.2. The molecule has 2 aromatic rings. The zero-order valence-corrected chi connectivity index (χ0v) is 17.0. The predicted octanol–water partition coefficient (Wildman–Crippen LogP) is 3.96. The van der Waals surface area contributed by atoms with Crippen LogP contribution in [0, 0.1) is 5.41 Å². The number of thioether (sulfide) groups is 1. The van der Waals surface area contributed by atoms with E-state index in [-0.39, 0.29) is 11.3 Å². The van der Waals surface area contributed by atoms with E-state index >= 15 is 0 Å². The molecule has 7 heteroatoms. The highest BCUT2D eigenvalue weighted by Gasteiger charge is 2.24. The van der Waals surface area contributed by atoms with Crippen LogP contribution in [0.5, 0.6) is 0 Å². The predicted molar refractivity (Wildman–Crippen MR) is 109 cm³/mol. The molecule has 0 unspecified atom stereocenters. The van der Waals surface area contributed by atoms with E-state index in [2.05, 4.69) is 47.6 Å². The van der Waals surface area contributed by atoms with Gasteiger partial charge in [0.05, 0.1) is 5.71 Å². The SMILES string of the molecule is CC1=C/C(=N\NC(=O)c2ccc(CSc3nncn3C)cc2)CC(C)(C)C1. The molecule has 1 aliphatic rings. The number of nitrogens with zero attached hydrogens (tertiary/aromatic N) is 4. The molecule has 0 radical (unpaired) electrons. The second-order valence-electron chi connectivity index (χ2n) is 7.76. The Balaban J connectivity index is 1.58. The minimum Gasteiger partial charge on any atom is -0.312 e. The van der Waals surface area contributed by atoms with Crippen LogP contribution in [0.3, 0.4) is 0 Å². The number of aryl methyl sites for hydroxylation is 1. The number of amides is 1. The summed E-state index contributed by atoms with van der Waals surface area (Å²) in [7, 11) is 1.92. The molecule has 0 atom stereocenters. The van der Waals surface area contributed by atoms with Crippen LogP contribution in [0.4, 0.5) is 0 Å². The molecule has 1 aromatic heterocycles. The summed E-state index contributed by atoms with van der Waals surface area (Å²) in [4.78, 5) is 12.4. The van der Waals surface area contributed by atoms with E-state index in [9.17, 15) is 4.79 Å². The molecule has 3 rings (SSSR count). The highest BCUT2D eigenvalue weighted by atomic mass is 32.2. The van der Waals surface area contributed by atoms with Gasteiger partial charge in [0.1, 0.15) is 6.33 Å². The Morgan fingerprint density at radius 3 is 2.67 bits per heavy atom. The molecule has 1 amide bonds. The van der Waals surface area contributed by atoms with Gasteiger partial charge in [0.2, 0.25) is 0 Å². The lowest BCUT2D eigenvalue weighted by Gasteiger charge is -2.29. The number of nitrogens with one attached hydrogen (secondary N) is 1. The number of benzene rings is 1. The molecule has 1 aromatic carbocycles. The van der Waals surface area contributed by atoms with Gasteiger partial charge >= 0.3 is 0 Å². The quantitative estimate of drug-likeness (QED) is 0.627. The number of aromatic nitrogens is 3. The van der Waals surface area contributed by atoms with Crippen molar-refractivity contribution >= 4 is 23.4 Å². The van der Waals surface area contributed by atoms with Crippen molar-refractivity contribution in [3.8, 4) is 0 Å². The van der Waals surface area contributed by atoms with Gasteiger partial charge in [-0.15, -0.1) is 10.2 Å². The van der Waals surface area contributed by atoms with Gasteiger partial charge in [-0.2, -0.15) is 5.10 Å². The third-order valence-corrected chi connectivity index (χ3v) is 5.49. The number of rotatable bonds is 5. The highest BCUT2D eigenvalue weighted by molar-refractivity contribution is 7.98. The second-order valence-corrected chi connectivity index (χ2v) is 8.71. The summed E-state index contributed by atoms with van der Waals surface area (Å²) >= 11 is 1.61. The van der Waals surface area contributed by atoms with E-state index in [1.807, 2.05) is 35.9 Å². The molecular formula is C20H25N5OS. The fourth-order valence-corrected chi connectivity index (χ4v) is 4.10. The largest absolute Gasteiger partial charge is 0.312 e. The molecule has 142 valence electrons. The highest BCUT2D eigenvalue weighted by Crippen LogP contribution is 2.33. The van der Waals surface area contributed by atoms with Crippen LogP contribution in [0.15, 0.2) is 52.5 Å². The summed E-state index contributed by atoms with van der Waals surface area (Å²) in [6.45, 7) is 6.55. The first-order chi connectivity index (χ1) is 12.8. The number of carbonyl (C=O) groups excluding carboxylic acids is 1. The molecule has 0 bridgehead atoms. The van der Waals surface area contributed by atoms with Crippen LogP contribution in [0.2, 0.25) is 0 Å². The molecule has 1 heterocycles. The van der Waals surface area contributed by atoms with Gasteiger partial charge in [0.15, 0.2) is 5.16 Å². The number of carbonyl (C=O) groups is 1. The van der Waals surface area contributed by atoms with Crippen molar-refractivity contribution in [1.82, 2.24) is 20.2 Å². The Morgan fingerprint density at radius 1 is 1.30 bits per heavy atom. The Morgan fingerprint density at radius 2 is 2.04 bits per heavy atom. The minimum absolute atomic E-state index is 0.185. The monoisotopic (exact) mass is 383 g/mol. The smallest absolute Gasteiger partial charge is 0.271 e. The molecule has 1 aliphatic carbocycles. The van der Waals surface area contributed by atoms with Crippen LogP contribution in [-0.4, -0.2) is 26.4 Å². The Labute approximate surface area is 164 Å². The number of hydrazone groups is 1. The van der Waals surface area contributed by atoms with Gasteiger partial charge in [-0.3, -0.25) is 4.79 Å². The average Bonchev–Trinajstić information content (AvgIpc) is 3.01. The molecule has 0 fully saturated rings. The lowest BCUT2D eigenvalue weighted by Crippen LogP contribution is -2.25. The molecule has 27 heavy (non-hydrogen) atoms. The van der Waals surface area contributed by atoms with E-state index in [1.54, 1.807) is 18.1 Å². The van der Waals surface area contributed by atoms with Crippen LogP contribution < -0.4 is 5.43 Å². The van der Waals surface area contributed by atoms with Crippen LogP contribution >= 0.6 is 11.8 Å². The molecule has 0 aliphatic heterocycles. The normalized spacial score (nSPS) is 17.6. The van der Waals surface area contributed by atoms with Crippen molar-refractivity contribution in [2.75, 3.05) is 0 Å². The van der Waals surface area contributed by atoms with Gasteiger partial charge in [0, 0.05) is 18.4 Å². The maximum absolute atomic E-state index is 12.4. The van der Waals surface area contributed by atoms with E-state index in [0.717, 1.165) is 35.0 Å². The van der Waals surface area contributed by atoms with E-state index in [1.165, 1.54) is 5.57 Å². The summed E-state index contributed by atoms with van der Waals surface area (Å²) in [5, 5.41) is 13.1. The third kappa shape index (κ3) is 5.29. The van der Waals surface area contributed by atoms with Crippen molar-refractivity contribution in [2.45, 2.75) is 44.5 Å². The summed E-state index contributed by atoms with van der Waals surface area (Å²) in [6, 6.07) is 7.57. The van der Waals surface area contributed by atoms with Crippen LogP contribution in [0.25, 0.3) is 0 Å². The first-order valence-electron chi connectivity index (χ1n) is 8.92. The topological polar surface area (TPSA) is 72.2 Å². The maximum atomic E-state index is 12.4. The standard InChI is InChI=1S/C20H25N5OS/c1-14-9-17(11-20(2,3)10-14)22-23-18(26)16-7-5-15(6-8-16)12-27-19-24-21-13-25(19)4/h5-9,13H,10-12H2,1-4H3,(H,23,26)/b22-17+. The molecule has 0 saturated heterocycles.